The fourth-order valence-electron chi connectivity index (χ4n) is 2.65. The zero-order valence-electron chi connectivity index (χ0n) is 13.7. The number of hydrogen-bond acceptors (Lipinski definition) is 3. The van der Waals surface area contributed by atoms with Crippen molar-refractivity contribution in [3.05, 3.63) is 75.5 Å². The molecule has 0 atom stereocenters. The molecule has 4 rings (SSSR count). The zero-order valence-corrected chi connectivity index (χ0v) is 16.1. The van der Waals surface area contributed by atoms with Crippen LogP contribution in [0.4, 0.5) is 10.1 Å². The highest BCUT2D eigenvalue weighted by atomic mass is 79.9. The zero-order chi connectivity index (χ0) is 19.0. The Balaban J connectivity index is 1.67. The highest BCUT2D eigenvalue weighted by Crippen LogP contribution is 2.31. The molecule has 2 N–H and O–H groups in total. The Kier molecular flexibility index (Phi) is 4.68. The molecule has 0 amide bonds. The monoisotopic (exact) mass is 443 g/mol. The van der Waals surface area contributed by atoms with E-state index in [4.69, 9.17) is 11.6 Å². The van der Waals surface area contributed by atoms with E-state index in [1.165, 1.54) is 12.1 Å². The second-order valence-corrected chi connectivity index (χ2v) is 7.17. The fraction of sp³-hybridized carbons (Fsp3) is 0. The summed E-state index contributed by atoms with van der Waals surface area (Å²) in [4.78, 5) is 12.1. The number of hydrogen-bond donors (Lipinski definition) is 2. The van der Waals surface area contributed by atoms with Crippen LogP contribution < -0.4 is 0 Å². The van der Waals surface area contributed by atoms with Crippen molar-refractivity contribution in [1.82, 2.24) is 9.97 Å². The van der Waals surface area contributed by atoms with Gasteiger partial charge in [0.25, 0.3) is 0 Å². The molecule has 1 aromatic heterocycles. The first-order valence-corrected chi connectivity index (χ1v) is 9.14. The molecule has 0 saturated carbocycles. The van der Waals surface area contributed by atoms with E-state index in [0.717, 1.165) is 16.6 Å². The maximum absolute atomic E-state index is 13.1. The van der Waals surface area contributed by atoms with E-state index in [9.17, 15) is 9.50 Å². The predicted molar refractivity (Wildman–Crippen MR) is 110 cm³/mol. The number of aromatic nitrogens is 2. The van der Waals surface area contributed by atoms with Gasteiger partial charge >= 0.3 is 0 Å². The van der Waals surface area contributed by atoms with Crippen molar-refractivity contribution in [1.29, 1.82) is 0 Å². The minimum Gasteiger partial charge on any atom is -0.506 e. The number of aromatic amines is 1. The van der Waals surface area contributed by atoms with E-state index in [-0.39, 0.29) is 11.6 Å². The van der Waals surface area contributed by atoms with Crippen LogP contribution >= 0.6 is 27.5 Å². The van der Waals surface area contributed by atoms with Crippen LogP contribution in [0.3, 0.4) is 0 Å². The summed E-state index contributed by atoms with van der Waals surface area (Å²) in [5.41, 5.74) is 3.58. The van der Waals surface area contributed by atoms with Crippen molar-refractivity contribution in [2.45, 2.75) is 0 Å². The Labute approximate surface area is 167 Å². The van der Waals surface area contributed by atoms with E-state index in [0.29, 0.717) is 26.6 Å². The number of aromatic hydroxyl groups is 1. The lowest BCUT2D eigenvalue weighted by Crippen LogP contribution is -1.84. The van der Waals surface area contributed by atoms with Gasteiger partial charge in [-0.2, -0.15) is 0 Å². The summed E-state index contributed by atoms with van der Waals surface area (Å²) in [7, 11) is 0. The van der Waals surface area contributed by atoms with Crippen LogP contribution in [0, 0.1) is 5.82 Å². The Morgan fingerprint density at radius 1 is 1.11 bits per heavy atom. The number of rotatable bonds is 3. The number of benzene rings is 3. The largest absolute Gasteiger partial charge is 0.506 e. The predicted octanol–water partition coefficient (Wildman–Crippen LogP) is 6.24. The van der Waals surface area contributed by atoms with E-state index in [1.807, 2.05) is 18.2 Å². The van der Waals surface area contributed by atoms with Crippen LogP contribution in [0.25, 0.3) is 22.4 Å². The van der Waals surface area contributed by atoms with Gasteiger partial charge in [0.1, 0.15) is 17.4 Å². The molecule has 1 heterocycles. The number of phenolic OH excluding ortho intramolecular Hbond substituents is 1. The average Bonchev–Trinajstić information content (AvgIpc) is 3.07. The van der Waals surface area contributed by atoms with Crippen molar-refractivity contribution >= 4 is 50.5 Å². The van der Waals surface area contributed by atoms with Crippen molar-refractivity contribution in [2.75, 3.05) is 0 Å². The van der Waals surface area contributed by atoms with Gasteiger partial charge in [0.05, 0.1) is 21.2 Å². The minimum absolute atomic E-state index is 0.0735. The topological polar surface area (TPSA) is 61.3 Å². The number of aliphatic imine (C=N–C) groups is 1. The normalized spacial score (nSPS) is 11.5. The smallest absolute Gasteiger partial charge is 0.138 e. The number of nitrogens with one attached hydrogen (secondary N) is 1. The third-order valence-electron chi connectivity index (χ3n) is 3.99. The minimum atomic E-state index is -0.289. The summed E-state index contributed by atoms with van der Waals surface area (Å²) in [6.07, 6.45) is 1.55. The molecule has 0 aliphatic rings. The Morgan fingerprint density at radius 3 is 2.67 bits per heavy atom. The Morgan fingerprint density at radius 2 is 1.89 bits per heavy atom. The van der Waals surface area contributed by atoms with Crippen molar-refractivity contribution in [3.8, 4) is 17.1 Å². The SMILES string of the molecule is Oc1c(Br)cc(Cl)cc1C=Nc1ccc2nc(-c3ccc(F)cc3)[nH]c2c1. The van der Waals surface area contributed by atoms with Gasteiger partial charge in [-0.1, -0.05) is 11.6 Å². The molecule has 0 aliphatic carbocycles. The van der Waals surface area contributed by atoms with Crippen molar-refractivity contribution < 1.29 is 9.50 Å². The standard InChI is InChI=1S/C20H12BrClFN3O/c21-16-8-13(22)7-12(19(16)27)10-24-15-5-6-17-18(9-15)26-20(25-17)11-1-3-14(23)4-2-11/h1-10,27H,(H,25,26). The third-order valence-corrected chi connectivity index (χ3v) is 4.82. The van der Waals surface area contributed by atoms with Gasteiger partial charge in [0.2, 0.25) is 0 Å². The first kappa shape index (κ1) is 17.7. The number of phenols is 1. The number of imidazole rings is 1. The van der Waals surface area contributed by atoms with Gasteiger partial charge in [-0.05, 0) is 70.5 Å². The van der Waals surface area contributed by atoms with Gasteiger partial charge < -0.3 is 10.1 Å². The second-order valence-electron chi connectivity index (χ2n) is 5.88. The van der Waals surface area contributed by atoms with Crippen molar-refractivity contribution in [2.24, 2.45) is 4.99 Å². The van der Waals surface area contributed by atoms with Crippen molar-refractivity contribution in [3.63, 3.8) is 0 Å². The second kappa shape index (κ2) is 7.13. The molecule has 0 fully saturated rings. The molecule has 134 valence electrons. The molecule has 0 unspecified atom stereocenters. The maximum Gasteiger partial charge on any atom is 0.138 e. The molecule has 4 nitrogen and oxygen atoms in total. The molecule has 0 aliphatic heterocycles. The van der Waals surface area contributed by atoms with E-state index in [1.54, 1.807) is 30.5 Å². The number of H-pyrrole nitrogens is 1. The Bertz CT molecular complexity index is 1170. The van der Waals surface area contributed by atoms with Gasteiger partial charge in [0.15, 0.2) is 0 Å². The van der Waals surface area contributed by atoms with Gasteiger partial charge in [-0.25, -0.2) is 9.37 Å². The molecule has 3 aromatic carbocycles. The van der Waals surface area contributed by atoms with Crippen LogP contribution in [0.15, 0.2) is 64.1 Å². The maximum atomic E-state index is 13.1. The third kappa shape index (κ3) is 3.72. The first-order valence-electron chi connectivity index (χ1n) is 7.97. The Hall–Kier alpha value is -2.70. The lowest BCUT2D eigenvalue weighted by Gasteiger charge is -2.02. The molecular weight excluding hydrogens is 433 g/mol. The summed E-state index contributed by atoms with van der Waals surface area (Å²) in [6, 6.07) is 14.9. The van der Waals surface area contributed by atoms with Crippen LogP contribution in [-0.4, -0.2) is 21.3 Å². The van der Waals surface area contributed by atoms with E-state index >= 15 is 0 Å². The summed E-state index contributed by atoms with van der Waals surface area (Å²) in [5.74, 6) is 0.439. The molecular formula is C20H12BrClFN3O. The number of halogens is 3. The van der Waals surface area contributed by atoms with Gasteiger partial charge in [-0.15, -0.1) is 0 Å². The first-order chi connectivity index (χ1) is 13.0. The summed E-state index contributed by atoms with van der Waals surface area (Å²) < 4.78 is 13.6. The number of fused-ring (bicyclic) bond motifs is 1. The van der Waals surface area contributed by atoms with Crippen LogP contribution in [0.1, 0.15) is 5.56 Å². The molecule has 0 saturated heterocycles. The summed E-state index contributed by atoms with van der Waals surface area (Å²) >= 11 is 9.27. The van der Waals surface area contributed by atoms with Gasteiger partial charge in [0, 0.05) is 22.4 Å². The van der Waals surface area contributed by atoms with Crippen LogP contribution in [-0.2, 0) is 0 Å². The lowest BCUT2D eigenvalue weighted by atomic mass is 10.2. The van der Waals surface area contributed by atoms with E-state index < -0.39 is 0 Å². The molecule has 0 bridgehead atoms. The molecule has 7 heteroatoms. The molecule has 0 radical (unpaired) electrons. The lowest BCUT2D eigenvalue weighted by molar-refractivity contribution is 0.471. The highest BCUT2D eigenvalue weighted by molar-refractivity contribution is 9.10. The summed E-state index contributed by atoms with van der Waals surface area (Å²) in [5, 5.41) is 10.6. The molecule has 0 spiro atoms. The molecule has 27 heavy (non-hydrogen) atoms. The summed E-state index contributed by atoms with van der Waals surface area (Å²) in [6.45, 7) is 0. The van der Waals surface area contributed by atoms with E-state index in [2.05, 4.69) is 30.9 Å². The quantitative estimate of drug-likeness (QED) is 0.367. The van der Waals surface area contributed by atoms with Crippen LogP contribution in [0.5, 0.6) is 5.75 Å². The van der Waals surface area contributed by atoms with Gasteiger partial charge in [-0.3, -0.25) is 4.99 Å². The average molecular weight is 445 g/mol. The fourth-order valence-corrected chi connectivity index (χ4v) is 3.48. The van der Waals surface area contributed by atoms with Crippen LogP contribution in [0.2, 0.25) is 5.02 Å². The number of nitrogens with zero attached hydrogens (tertiary/aromatic N) is 2. The highest BCUT2D eigenvalue weighted by Gasteiger charge is 2.07. The molecule has 4 aromatic rings.